The van der Waals surface area contributed by atoms with Crippen LogP contribution in [0.25, 0.3) is 10.9 Å². The van der Waals surface area contributed by atoms with Crippen molar-refractivity contribution >= 4 is 17.2 Å². The first-order valence-corrected chi connectivity index (χ1v) is 7.75. The molecule has 0 fully saturated rings. The Morgan fingerprint density at radius 3 is 2.70 bits per heavy atom. The van der Waals surface area contributed by atoms with E-state index in [2.05, 4.69) is 39.3 Å². The van der Waals surface area contributed by atoms with E-state index in [1.807, 2.05) is 24.5 Å². The van der Waals surface area contributed by atoms with E-state index < -0.39 is 0 Å². The van der Waals surface area contributed by atoms with E-state index in [1.54, 1.807) is 19.2 Å². The number of rotatable bonds is 6. The van der Waals surface area contributed by atoms with Gasteiger partial charge < -0.3 is 15.0 Å². The number of hydrogen-bond donors (Lipinski definition) is 2. The first-order valence-electron chi connectivity index (χ1n) is 7.75. The monoisotopic (exact) mass is 307 g/mol. The number of nitrogens with one attached hydrogen (secondary N) is 1. The van der Waals surface area contributed by atoms with Gasteiger partial charge >= 0.3 is 0 Å². The molecule has 2 aromatic carbocycles. The van der Waals surface area contributed by atoms with E-state index in [4.69, 9.17) is 0 Å². The van der Waals surface area contributed by atoms with Crippen LogP contribution in [-0.4, -0.2) is 34.9 Å². The highest BCUT2D eigenvalue weighted by Gasteiger charge is 2.06. The normalized spacial score (nSPS) is 11.3. The summed E-state index contributed by atoms with van der Waals surface area (Å²) in [7, 11) is 1.79. The molecule has 0 amide bonds. The van der Waals surface area contributed by atoms with E-state index in [-0.39, 0.29) is 0 Å². The van der Waals surface area contributed by atoms with Crippen LogP contribution in [-0.2, 0) is 13.0 Å². The summed E-state index contributed by atoms with van der Waals surface area (Å²) in [5.41, 5.74) is 3.65. The minimum absolute atomic E-state index is 0.295. The maximum atomic E-state index is 9.38. The molecule has 0 aliphatic carbocycles. The van der Waals surface area contributed by atoms with Crippen LogP contribution in [0.15, 0.2) is 59.7 Å². The molecule has 1 aromatic heterocycles. The van der Waals surface area contributed by atoms with E-state index >= 15 is 0 Å². The van der Waals surface area contributed by atoms with Crippen LogP contribution in [0.1, 0.15) is 11.1 Å². The van der Waals surface area contributed by atoms with Crippen molar-refractivity contribution in [2.45, 2.75) is 13.0 Å². The standard InChI is InChI=1S/C19H21N3O/c1-20-14-22(13-15-6-8-17(23)9-7-15)11-10-16-12-21-19-5-3-2-4-18(16)19/h2-9,12,14,21,23H,10-11,13H2,1H3. The zero-order chi connectivity index (χ0) is 16.1. The summed E-state index contributed by atoms with van der Waals surface area (Å²) < 4.78 is 0. The summed E-state index contributed by atoms with van der Waals surface area (Å²) in [4.78, 5) is 9.66. The Bertz CT molecular complexity index is 790. The maximum Gasteiger partial charge on any atom is 0.115 e. The van der Waals surface area contributed by atoms with Gasteiger partial charge in [0.2, 0.25) is 0 Å². The van der Waals surface area contributed by atoms with Crippen LogP contribution in [0.5, 0.6) is 5.75 Å². The topological polar surface area (TPSA) is 51.6 Å². The summed E-state index contributed by atoms with van der Waals surface area (Å²) in [5, 5.41) is 10.7. The number of phenolic OH excluding ortho intramolecular Hbond substituents is 1. The smallest absolute Gasteiger partial charge is 0.115 e. The van der Waals surface area contributed by atoms with Gasteiger partial charge in [-0.15, -0.1) is 0 Å². The number of phenols is 1. The summed E-state index contributed by atoms with van der Waals surface area (Å²) >= 11 is 0. The molecule has 0 saturated carbocycles. The number of aliphatic imine (C=N–C) groups is 1. The quantitative estimate of drug-likeness (QED) is 0.540. The van der Waals surface area contributed by atoms with E-state index in [1.165, 1.54) is 16.5 Å². The number of H-pyrrole nitrogens is 1. The van der Waals surface area contributed by atoms with Gasteiger partial charge in [0, 0.05) is 37.2 Å². The molecule has 4 nitrogen and oxygen atoms in total. The predicted octanol–water partition coefficient (Wildman–Crippen LogP) is 3.58. The lowest BCUT2D eigenvalue weighted by atomic mass is 10.1. The van der Waals surface area contributed by atoms with Crippen molar-refractivity contribution < 1.29 is 5.11 Å². The number of aromatic nitrogens is 1. The molecule has 23 heavy (non-hydrogen) atoms. The van der Waals surface area contributed by atoms with Crippen molar-refractivity contribution in [1.29, 1.82) is 0 Å². The Morgan fingerprint density at radius 2 is 1.91 bits per heavy atom. The number of benzene rings is 2. The van der Waals surface area contributed by atoms with Gasteiger partial charge in [-0.3, -0.25) is 4.99 Å². The summed E-state index contributed by atoms with van der Waals surface area (Å²) in [6.07, 6.45) is 4.92. The highest BCUT2D eigenvalue weighted by molar-refractivity contribution is 5.83. The molecule has 0 aliphatic rings. The van der Waals surface area contributed by atoms with Crippen molar-refractivity contribution in [3.63, 3.8) is 0 Å². The molecular formula is C19H21N3O. The number of aromatic hydroxyl groups is 1. The van der Waals surface area contributed by atoms with Crippen LogP contribution in [0.3, 0.4) is 0 Å². The van der Waals surface area contributed by atoms with Gasteiger partial charge in [0.05, 0.1) is 6.34 Å². The molecule has 0 saturated heterocycles. The van der Waals surface area contributed by atoms with Gasteiger partial charge in [0.1, 0.15) is 5.75 Å². The van der Waals surface area contributed by atoms with E-state index in [9.17, 15) is 5.11 Å². The molecule has 1 heterocycles. The van der Waals surface area contributed by atoms with Gasteiger partial charge in [0.15, 0.2) is 0 Å². The number of nitrogens with zero attached hydrogens (tertiary/aromatic N) is 2. The second kappa shape index (κ2) is 7.01. The highest BCUT2D eigenvalue weighted by atomic mass is 16.3. The number of fused-ring (bicyclic) bond motifs is 1. The highest BCUT2D eigenvalue weighted by Crippen LogP contribution is 2.18. The van der Waals surface area contributed by atoms with Gasteiger partial charge in [-0.05, 0) is 35.7 Å². The average molecular weight is 307 g/mol. The minimum Gasteiger partial charge on any atom is -0.508 e. The van der Waals surface area contributed by atoms with Gasteiger partial charge in [0.25, 0.3) is 0 Å². The molecule has 0 unspecified atom stereocenters. The molecule has 0 bridgehead atoms. The fraction of sp³-hybridized carbons (Fsp3) is 0.211. The fourth-order valence-electron chi connectivity index (χ4n) is 2.78. The number of para-hydroxylation sites is 1. The molecule has 0 radical (unpaired) electrons. The summed E-state index contributed by atoms with van der Waals surface area (Å²) in [5.74, 6) is 0.295. The lowest BCUT2D eigenvalue weighted by Gasteiger charge is -2.19. The Hall–Kier alpha value is -2.75. The zero-order valence-corrected chi connectivity index (χ0v) is 13.2. The molecule has 0 aliphatic heterocycles. The Kier molecular flexibility index (Phi) is 4.62. The number of hydrogen-bond acceptors (Lipinski definition) is 2. The Labute approximate surface area is 136 Å². The average Bonchev–Trinajstić information content (AvgIpc) is 2.98. The van der Waals surface area contributed by atoms with Crippen molar-refractivity contribution in [2.24, 2.45) is 4.99 Å². The van der Waals surface area contributed by atoms with E-state index in [0.717, 1.165) is 25.1 Å². The first-order chi connectivity index (χ1) is 11.3. The second-order valence-corrected chi connectivity index (χ2v) is 5.62. The Morgan fingerprint density at radius 1 is 1.13 bits per heavy atom. The van der Waals surface area contributed by atoms with Crippen LogP contribution < -0.4 is 0 Å². The van der Waals surface area contributed by atoms with Crippen molar-refractivity contribution in [2.75, 3.05) is 13.6 Å². The van der Waals surface area contributed by atoms with Crippen LogP contribution >= 0.6 is 0 Å². The molecular weight excluding hydrogens is 286 g/mol. The second-order valence-electron chi connectivity index (χ2n) is 5.62. The number of aromatic amines is 1. The van der Waals surface area contributed by atoms with Crippen LogP contribution in [0, 0.1) is 0 Å². The van der Waals surface area contributed by atoms with Crippen molar-refractivity contribution in [3.8, 4) is 5.75 Å². The molecule has 4 heteroatoms. The van der Waals surface area contributed by atoms with Gasteiger partial charge in [-0.25, -0.2) is 0 Å². The largest absolute Gasteiger partial charge is 0.508 e. The SMILES string of the molecule is CN=CN(CCc1c[nH]c2ccccc12)Cc1ccc(O)cc1. The van der Waals surface area contributed by atoms with Crippen LogP contribution in [0.2, 0.25) is 0 Å². The van der Waals surface area contributed by atoms with Crippen molar-refractivity contribution in [3.05, 3.63) is 65.9 Å². The van der Waals surface area contributed by atoms with Gasteiger partial charge in [-0.2, -0.15) is 0 Å². The third-order valence-corrected chi connectivity index (χ3v) is 3.94. The molecule has 0 spiro atoms. The van der Waals surface area contributed by atoms with E-state index in [0.29, 0.717) is 5.75 Å². The summed E-state index contributed by atoms with van der Waals surface area (Å²) in [6, 6.07) is 15.7. The molecule has 0 atom stereocenters. The maximum absolute atomic E-state index is 9.38. The molecule has 3 aromatic rings. The lowest BCUT2D eigenvalue weighted by Crippen LogP contribution is -2.24. The Balaban J connectivity index is 1.68. The fourth-order valence-corrected chi connectivity index (χ4v) is 2.78. The molecule has 3 rings (SSSR count). The summed E-state index contributed by atoms with van der Waals surface area (Å²) in [6.45, 7) is 1.67. The zero-order valence-electron chi connectivity index (χ0n) is 13.2. The van der Waals surface area contributed by atoms with Crippen molar-refractivity contribution in [1.82, 2.24) is 9.88 Å². The molecule has 118 valence electrons. The lowest BCUT2D eigenvalue weighted by molar-refractivity contribution is 0.428. The minimum atomic E-state index is 0.295. The van der Waals surface area contributed by atoms with Gasteiger partial charge in [-0.1, -0.05) is 30.3 Å². The third-order valence-electron chi connectivity index (χ3n) is 3.94. The third kappa shape index (κ3) is 3.72. The molecule has 2 N–H and O–H groups in total. The first kappa shape index (κ1) is 15.2. The predicted molar refractivity (Wildman–Crippen MR) is 94.9 cm³/mol. The van der Waals surface area contributed by atoms with Crippen LogP contribution in [0.4, 0.5) is 0 Å².